The first kappa shape index (κ1) is 13.2. The smallest absolute Gasteiger partial charge is 0.337 e. The van der Waals surface area contributed by atoms with Crippen LogP contribution in [0.1, 0.15) is 13.8 Å². The summed E-state index contributed by atoms with van der Waals surface area (Å²) >= 11 is 0. The highest BCUT2D eigenvalue weighted by Gasteiger charge is 2.07. The highest BCUT2D eigenvalue weighted by Crippen LogP contribution is 2.03. The van der Waals surface area contributed by atoms with Crippen molar-refractivity contribution in [3.8, 4) is 0 Å². The second kappa shape index (κ2) is 6.64. The molecule has 0 aliphatic rings. The number of carbonyl (C=O) groups excluding carboxylic acids is 1. The predicted octanol–water partition coefficient (Wildman–Crippen LogP) is 0.684. The van der Waals surface area contributed by atoms with Crippen molar-refractivity contribution in [2.75, 3.05) is 13.7 Å². The van der Waals surface area contributed by atoms with Crippen LogP contribution in [0.2, 0.25) is 0 Å². The van der Waals surface area contributed by atoms with Gasteiger partial charge in [0.1, 0.15) is 0 Å². The van der Waals surface area contributed by atoms with Gasteiger partial charge in [0.05, 0.1) is 12.2 Å². The minimum absolute atomic E-state index is 0.0329. The number of ether oxygens (including phenoxy) is 1. The molecule has 0 unspecified atom stereocenters. The molecule has 0 saturated heterocycles. The molecule has 84 valence electrons. The molecule has 0 aromatic carbocycles. The van der Waals surface area contributed by atoms with E-state index in [0.717, 1.165) is 6.08 Å². The molecular weight excluding hydrogens is 198 g/mol. The standard InChI is InChI=1S/C10H15NO4/c1-4-15-9(12)6-5-8(10(13)14)7(2)11-3/h5-6,11H,4H2,1-3H3,(H,13,14). The van der Waals surface area contributed by atoms with Crippen LogP contribution >= 0.6 is 0 Å². The van der Waals surface area contributed by atoms with Crippen LogP contribution in [0.3, 0.4) is 0 Å². The summed E-state index contributed by atoms with van der Waals surface area (Å²) in [5.41, 5.74) is 0.508. The van der Waals surface area contributed by atoms with Gasteiger partial charge in [0.2, 0.25) is 0 Å². The quantitative estimate of drug-likeness (QED) is 0.399. The van der Waals surface area contributed by atoms with Gasteiger partial charge < -0.3 is 15.2 Å². The zero-order valence-electron chi connectivity index (χ0n) is 9.03. The van der Waals surface area contributed by atoms with E-state index >= 15 is 0 Å². The van der Waals surface area contributed by atoms with Crippen molar-refractivity contribution < 1.29 is 19.4 Å². The minimum Gasteiger partial charge on any atom is -0.478 e. The van der Waals surface area contributed by atoms with Crippen molar-refractivity contribution in [1.29, 1.82) is 0 Å². The van der Waals surface area contributed by atoms with Crippen LogP contribution < -0.4 is 5.32 Å². The Morgan fingerprint density at radius 2 is 2.00 bits per heavy atom. The van der Waals surface area contributed by atoms with Crippen LogP contribution in [-0.4, -0.2) is 30.7 Å². The molecule has 2 N–H and O–H groups in total. The van der Waals surface area contributed by atoms with Gasteiger partial charge in [0, 0.05) is 18.8 Å². The third-order valence-corrected chi connectivity index (χ3v) is 1.68. The average molecular weight is 213 g/mol. The monoisotopic (exact) mass is 213 g/mol. The summed E-state index contributed by atoms with van der Waals surface area (Å²) in [6.45, 7) is 3.55. The Hall–Kier alpha value is -1.78. The molecule has 0 spiro atoms. The molecule has 0 fully saturated rings. The maximum atomic E-state index is 10.9. The Balaban J connectivity index is 4.71. The third kappa shape index (κ3) is 4.85. The molecule has 0 bridgehead atoms. The van der Waals surface area contributed by atoms with Crippen molar-refractivity contribution in [2.45, 2.75) is 13.8 Å². The van der Waals surface area contributed by atoms with Crippen molar-refractivity contribution in [3.05, 3.63) is 23.4 Å². The molecule has 0 aliphatic carbocycles. The fourth-order valence-electron chi connectivity index (χ4n) is 0.833. The normalized spacial score (nSPS) is 12.2. The lowest BCUT2D eigenvalue weighted by atomic mass is 10.2. The summed E-state index contributed by atoms with van der Waals surface area (Å²) in [7, 11) is 1.61. The average Bonchev–Trinajstić information content (AvgIpc) is 2.17. The van der Waals surface area contributed by atoms with Gasteiger partial charge in [-0.2, -0.15) is 0 Å². The van der Waals surface area contributed by atoms with E-state index in [1.807, 2.05) is 0 Å². The summed E-state index contributed by atoms with van der Waals surface area (Å²) in [6, 6.07) is 0. The number of hydrogen-bond acceptors (Lipinski definition) is 4. The fourth-order valence-corrected chi connectivity index (χ4v) is 0.833. The number of carbonyl (C=O) groups is 2. The molecule has 15 heavy (non-hydrogen) atoms. The van der Waals surface area contributed by atoms with Crippen LogP contribution in [0.15, 0.2) is 23.4 Å². The lowest BCUT2D eigenvalue weighted by Crippen LogP contribution is -2.11. The Bertz CT molecular complexity index is 305. The zero-order valence-corrected chi connectivity index (χ0v) is 9.03. The summed E-state index contributed by atoms with van der Waals surface area (Å²) in [5, 5.41) is 11.5. The molecule has 0 aliphatic heterocycles. The molecule has 5 nitrogen and oxygen atoms in total. The van der Waals surface area contributed by atoms with Crippen LogP contribution in [0.5, 0.6) is 0 Å². The van der Waals surface area contributed by atoms with Crippen molar-refractivity contribution in [1.82, 2.24) is 5.32 Å². The molecular formula is C10H15NO4. The summed E-state index contributed by atoms with van der Waals surface area (Å²) < 4.78 is 4.62. The number of esters is 1. The van der Waals surface area contributed by atoms with E-state index < -0.39 is 11.9 Å². The van der Waals surface area contributed by atoms with Crippen LogP contribution in [0, 0.1) is 0 Å². The molecule has 0 aromatic heterocycles. The number of carboxylic acids is 1. The first-order valence-electron chi connectivity index (χ1n) is 4.49. The Morgan fingerprint density at radius 1 is 1.40 bits per heavy atom. The second-order valence-electron chi connectivity index (χ2n) is 2.68. The topological polar surface area (TPSA) is 75.6 Å². The van der Waals surface area contributed by atoms with E-state index in [1.165, 1.54) is 6.08 Å². The van der Waals surface area contributed by atoms with Gasteiger partial charge in [-0.15, -0.1) is 0 Å². The van der Waals surface area contributed by atoms with Gasteiger partial charge in [-0.05, 0) is 19.9 Å². The van der Waals surface area contributed by atoms with E-state index in [0.29, 0.717) is 5.70 Å². The molecule has 0 saturated carbocycles. The minimum atomic E-state index is -1.10. The Kier molecular flexibility index (Phi) is 5.85. The first-order chi connectivity index (χ1) is 7.02. The molecule has 0 radical (unpaired) electrons. The van der Waals surface area contributed by atoms with Crippen molar-refractivity contribution in [2.24, 2.45) is 0 Å². The van der Waals surface area contributed by atoms with E-state index in [2.05, 4.69) is 10.1 Å². The number of rotatable bonds is 5. The third-order valence-electron chi connectivity index (χ3n) is 1.68. The highest BCUT2D eigenvalue weighted by atomic mass is 16.5. The van der Waals surface area contributed by atoms with E-state index in [9.17, 15) is 9.59 Å². The first-order valence-corrected chi connectivity index (χ1v) is 4.49. The van der Waals surface area contributed by atoms with Gasteiger partial charge in [0.25, 0.3) is 0 Å². The Morgan fingerprint density at radius 3 is 2.40 bits per heavy atom. The second-order valence-corrected chi connectivity index (χ2v) is 2.68. The van der Waals surface area contributed by atoms with Gasteiger partial charge in [0.15, 0.2) is 0 Å². The van der Waals surface area contributed by atoms with Gasteiger partial charge in [-0.3, -0.25) is 0 Å². The van der Waals surface area contributed by atoms with Crippen LogP contribution in [0.25, 0.3) is 0 Å². The molecule has 0 amide bonds. The number of carboxylic acid groups (broad SMARTS) is 1. The van der Waals surface area contributed by atoms with E-state index in [-0.39, 0.29) is 12.2 Å². The van der Waals surface area contributed by atoms with Gasteiger partial charge in [-0.25, -0.2) is 9.59 Å². The predicted molar refractivity (Wildman–Crippen MR) is 55.2 cm³/mol. The van der Waals surface area contributed by atoms with Gasteiger partial charge in [-0.1, -0.05) is 0 Å². The summed E-state index contributed by atoms with van der Waals surface area (Å²) in [5.74, 6) is -1.65. The highest BCUT2D eigenvalue weighted by molar-refractivity contribution is 5.93. The van der Waals surface area contributed by atoms with E-state index in [1.54, 1.807) is 20.9 Å². The number of aliphatic carboxylic acids is 1. The zero-order chi connectivity index (χ0) is 11.8. The molecule has 0 rings (SSSR count). The maximum Gasteiger partial charge on any atom is 0.337 e. The number of hydrogen-bond donors (Lipinski definition) is 2. The summed E-state index contributed by atoms with van der Waals surface area (Å²) in [6.07, 6.45) is 2.31. The van der Waals surface area contributed by atoms with Crippen molar-refractivity contribution in [3.63, 3.8) is 0 Å². The van der Waals surface area contributed by atoms with E-state index in [4.69, 9.17) is 5.11 Å². The molecule has 5 heteroatoms. The lowest BCUT2D eigenvalue weighted by Gasteiger charge is -2.02. The SMILES string of the molecule is CCOC(=O)C=CC(C(=O)O)=C(C)NC. The van der Waals surface area contributed by atoms with Crippen LogP contribution in [-0.2, 0) is 14.3 Å². The molecule has 0 atom stereocenters. The maximum absolute atomic E-state index is 10.9. The number of allylic oxidation sites excluding steroid dienone is 1. The fraction of sp³-hybridized carbons (Fsp3) is 0.400. The molecule has 0 heterocycles. The van der Waals surface area contributed by atoms with Gasteiger partial charge >= 0.3 is 11.9 Å². The van der Waals surface area contributed by atoms with Crippen LogP contribution in [0.4, 0.5) is 0 Å². The molecule has 0 aromatic rings. The summed E-state index contributed by atoms with van der Waals surface area (Å²) in [4.78, 5) is 21.7. The number of nitrogens with one attached hydrogen (secondary N) is 1. The Labute approximate surface area is 88.4 Å². The largest absolute Gasteiger partial charge is 0.478 e. The lowest BCUT2D eigenvalue weighted by molar-refractivity contribution is -0.137. The van der Waals surface area contributed by atoms with Crippen molar-refractivity contribution >= 4 is 11.9 Å².